The number of rotatable bonds is 2. The minimum absolute atomic E-state index is 0.0156. The van der Waals surface area contributed by atoms with E-state index in [2.05, 4.69) is 4.98 Å². The molecule has 0 bridgehead atoms. The molecule has 0 saturated heterocycles. The number of aromatic nitrogens is 1. The maximum Gasteiger partial charge on any atom is 0.328 e. The molecule has 5 heteroatoms. The molecule has 0 unspecified atom stereocenters. The third kappa shape index (κ3) is 2.20. The first kappa shape index (κ1) is 12.2. The van der Waals surface area contributed by atoms with Gasteiger partial charge in [-0.05, 0) is 36.8 Å². The molecule has 0 spiro atoms. The highest BCUT2D eigenvalue weighted by Gasteiger charge is 2.11. The topological polar surface area (TPSA) is 50.2 Å². The van der Waals surface area contributed by atoms with Crippen LogP contribution in [0.1, 0.15) is 11.3 Å². The van der Waals surface area contributed by atoms with Gasteiger partial charge in [0.15, 0.2) is 0 Å². The molecule has 0 atom stereocenters. The van der Waals surface area contributed by atoms with Crippen molar-refractivity contribution in [3.05, 3.63) is 47.2 Å². The van der Waals surface area contributed by atoms with Crippen LogP contribution in [0.2, 0.25) is 0 Å². The number of aliphatic carboxylic acids is 1. The van der Waals surface area contributed by atoms with E-state index in [1.54, 1.807) is 6.92 Å². The second kappa shape index (κ2) is 4.52. The van der Waals surface area contributed by atoms with E-state index in [0.29, 0.717) is 5.69 Å². The molecule has 0 fully saturated rings. The molecule has 1 heterocycles. The fourth-order valence-electron chi connectivity index (χ4n) is 1.72. The molecular formula is C13H9F2NO2. The van der Waals surface area contributed by atoms with Crippen LogP contribution in [0.3, 0.4) is 0 Å². The van der Waals surface area contributed by atoms with Gasteiger partial charge in [-0.1, -0.05) is 0 Å². The first-order valence-electron chi connectivity index (χ1n) is 5.15. The van der Waals surface area contributed by atoms with E-state index in [0.717, 1.165) is 18.2 Å². The first-order chi connectivity index (χ1) is 8.49. The molecule has 0 radical (unpaired) electrons. The van der Waals surface area contributed by atoms with Gasteiger partial charge in [-0.15, -0.1) is 0 Å². The Labute approximate surface area is 101 Å². The Morgan fingerprint density at radius 1 is 1.33 bits per heavy atom. The van der Waals surface area contributed by atoms with Crippen LogP contribution in [0.15, 0.2) is 24.3 Å². The monoisotopic (exact) mass is 249 g/mol. The lowest BCUT2D eigenvalue weighted by Gasteiger charge is -2.06. The summed E-state index contributed by atoms with van der Waals surface area (Å²) in [7, 11) is 0. The predicted octanol–water partition coefficient (Wildman–Crippen LogP) is 2.92. The SMILES string of the molecule is Cc1cc(/C=C/C(=O)O)c2c(F)ccc(F)c2n1. The number of nitrogens with zero attached hydrogens (tertiary/aromatic N) is 1. The highest BCUT2D eigenvalue weighted by Crippen LogP contribution is 2.25. The van der Waals surface area contributed by atoms with E-state index in [9.17, 15) is 13.6 Å². The summed E-state index contributed by atoms with van der Waals surface area (Å²) in [5.41, 5.74) is 0.675. The van der Waals surface area contributed by atoms with Crippen molar-refractivity contribution in [3.63, 3.8) is 0 Å². The van der Waals surface area contributed by atoms with Gasteiger partial charge in [0.2, 0.25) is 0 Å². The number of aryl methyl sites for hydroxylation is 1. The van der Waals surface area contributed by atoms with Gasteiger partial charge in [0.25, 0.3) is 0 Å². The Hall–Kier alpha value is -2.30. The normalized spacial score (nSPS) is 11.3. The first-order valence-corrected chi connectivity index (χ1v) is 5.15. The van der Waals surface area contributed by atoms with E-state index >= 15 is 0 Å². The smallest absolute Gasteiger partial charge is 0.328 e. The van der Waals surface area contributed by atoms with Gasteiger partial charge in [-0.25, -0.2) is 18.6 Å². The summed E-state index contributed by atoms with van der Waals surface area (Å²) >= 11 is 0. The molecule has 1 aromatic heterocycles. The van der Waals surface area contributed by atoms with Gasteiger partial charge in [0.1, 0.15) is 17.2 Å². The van der Waals surface area contributed by atoms with Crippen LogP contribution in [0.25, 0.3) is 17.0 Å². The molecule has 0 saturated carbocycles. The third-order valence-corrected chi connectivity index (χ3v) is 2.42. The van der Waals surface area contributed by atoms with Crippen LogP contribution >= 0.6 is 0 Å². The molecule has 1 aromatic carbocycles. The van der Waals surface area contributed by atoms with Gasteiger partial charge in [0, 0.05) is 17.2 Å². The van der Waals surface area contributed by atoms with Gasteiger partial charge < -0.3 is 5.11 Å². The van der Waals surface area contributed by atoms with Crippen LogP contribution < -0.4 is 0 Å². The van der Waals surface area contributed by atoms with Gasteiger partial charge in [-0.2, -0.15) is 0 Å². The van der Waals surface area contributed by atoms with Crippen LogP contribution in [-0.4, -0.2) is 16.1 Å². The highest BCUT2D eigenvalue weighted by molar-refractivity contribution is 5.93. The summed E-state index contributed by atoms with van der Waals surface area (Å²) < 4.78 is 27.3. The zero-order chi connectivity index (χ0) is 13.3. The summed E-state index contributed by atoms with van der Waals surface area (Å²) in [6.45, 7) is 1.63. The Morgan fingerprint density at radius 3 is 2.67 bits per heavy atom. The number of hydrogen-bond acceptors (Lipinski definition) is 2. The molecule has 92 valence electrons. The zero-order valence-corrected chi connectivity index (χ0v) is 9.45. The molecule has 18 heavy (non-hydrogen) atoms. The number of fused-ring (bicyclic) bond motifs is 1. The van der Waals surface area contributed by atoms with Gasteiger partial charge in [-0.3, -0.25) is 0 Å². The van der Waals surface area contributed by atoms with Crippen molar-refractivity contribution in [2.75, 3.05) is 0 Å². The number of carbonyl (C=O) groups is 1. The Bertz CT molecular complexity index is 666. The quantitative estimate of drug-likeness (QED) is 0.832. The summed E-state index contributed by atoms with van der Waals surface area (Å²) in [4.78, 5) is 14.4. The fraction of sp³-hybridized carbons (Fsp3) is 0.0769. The molecule has 1 N–H and O–H groups in total. The average Bonchev–Trinajstić information content (AvgIpc) is 2.30. The van der Waals surface area contributed by atoms with Crippen molar-refractivity contribution in [1.82, 2.24) is 4.98 Å². The van der Waals surface area contributed by atoms with Crippen molar-refractivity contribution in [1.29, 1.82) is 0 Å². The number of carboxylic acids is 1. The average molecular weight is 249 g/mol. The van der Waals surface area contributed by atoms with Crippen LogP contribution in [-0.2, 0) is 4.79 Å². The summed E-state index contributed by atoms with van der Waals surface area (Å²) in [6.07, 6.45) is 2.10. The van der Waals surface area contributed by atoms with Gasteiger partial charge >= 0.3 is 5.97 Å². The standard InChI is InChI=1S/C13H9F2NO2/c1-7-6-8(2-5-11(17)18)12-9(14)3-4-10(15)13(12)16-7/h2-6H,1H3,(H,17,18)/b5-2+. The number of pyridine rings is 1. The van der Waals surface area contributed by atoms with Crippen molar-refractivity contribution in [3.8, 4) is 0 Å². The fourth-order valence-corrected chi connectivity index (χ4v) is 1.72. The predicted molar refractivity (Wildman–Crippen MR) is 63.1 cm³/mol. The summed E-state index contributed by atoms with van der Waals surface area (Å²) in [5.74, 6) is -2.43. The lowest BCUT2D eigenvalue weighted by Crippen LogP contribution is -1.94. The number of benzene rings is 1. The van der Waals surface area contributed by atoms with Crippen molar-refractivity contribution in [2.45, 2.75) is 6.92 Å². The molecule has 0 aliphatic heterocycles. The van der Waals surface area contributed by atoms with E-state index in [1.807, 2.05) is 0 Å². The van der Waals surface area contributed by atoms with E-state index in [4.69, 9.17) is 5.11 Å². The molecule has 3 nitrogen and oxygen atoms in total. The molecule has 0 aliphatic rings. The lowest BCUT2D eigenvalue weighted by atomic mass is 10.1. The van der Waals surface area contributed by atoms with Crippen molar-refractivity contribution in [2.24, 2.45) is 0 Å². The second-order valence-electron chi connectivity index (χ2n) is 3.78. The Kier molecular flexibility index (Phi) is 3.06. The van der Waals surface area contributed by atoms with Crippen molar-refractivity contribution < 1.29 is 18.7 Å². The molecule has 0 amide bonds. The molecular weight excluding hydrogens is 240 g/mol. The summed E-state index contributed by atoms with van der Waals surface area (Å²) in [5, 5.41) is 8.55. The highest BCUT2D eigenvalue weighted by atomic mass is 19.1. The van der Waals surface area contributed by atoms with Crippen LogP contribution in [0.4, 0.5) is 8.78 Å². The lowest BCUT2D eigenvalue weighted by molar-refractivity contribution is -0.131. The van der Waals surface area contributed by atoms with E-state index in [-0.39, 0.29) is 16.5 Å². The minimum atomic E-state index is -1.16. The zero-order valence-electron chi connectivity index (χ0n) is 9.45. The Balaban J connectivity index is 2.79. The van der Waals surface area contributed by atoms with E-state index < -0.39 is 17.6 Å². The number of halogens is 2. The third-order valence-electron chi connectivity index (χ3n) is 2.42. The minimum Gasteiger partial charge on any atom is -0.478 e. The maximum absolute atomic E-state index is 13.7. The van der Waals surface area contributed by atoms with Crippen molar-refractivity contribution >= 4 is 22.9 Å². The molecule has 2 rings (SSSR count). The number of hydrogen-bond donors (Lipinski definition) is 1. The maximum atomic E-state index is 13.7. The largest absolute Gasteiger partial charge is 0.478 e. The second-order valence-corrected chi connectivity index (χ2v) is 3.78. The van der Waals surface area contributed by atoms with Crippen LogP contribution in [0, 0.1) is 18.6 Å². The molecule has 2 aromatic rings. The molecule has 0 aliphatic carbocycles. The summed E-state index contributed by atoms with van der Waals surface area (Å²) in [6, 6.07) is 3.49. The van der Waals surface area contributed by atoms with E-state index in [1.165, 1.54) is 12.1 Å². The van der Waals surface area contributed by atoms with Gasteiger partial charge in [0.05, 0.1) is 0 Å². The number of carboxylic acid groups (broad SMARTS) is 1. The Morgan fingerprint density at radius 2 is 2.00 bits per heavy atom. The van der Waals surface area contributed by atoms with Crippen LogP contribution in [0.5, 0.6) is 0 Å².